The second-order valence-electron chi connectivity index (χ2n) is 3.18. The molecule has 0 unspecified atom stereocenters. The predicted octanol–water partition coefficient (Wildman–Crippen LogP) is 1.38. The van der Waals surface area contributed by atoms with Gasteiger partial charge in [-0.3, -0.25) is 0 Å². The van der Waals surface area contributed by atoms with E-state index in [4.69, 9.17) is 0 Å². The molecule has 0 aliphatic heterocycles. The maximum atomic E-state index is 13.2. The first kappa shape index (κ1) is 10.5. The fourth-order valence-electron chi connectivity index (χ4n) is 1.23. The van der Waals surface area contributed by atoms with Crippen molar-refractivity contribution in [3.8, 4) is 0 Å². The van der Waals surface area contributed by atoms with Gasteiger partial charge in [-0.2, -0.15) is 0 Å². The number of hydrogen-bond donors (Lipinski definition) is 0. The molecule has 0 aliphatic carbocycles. The van der Waals surface area contributed by atoms with Gasteiger partial charge in [0.2, 0.25) is 0 Å². The minimum atomic E-state index is -1.40. The first-order chi connectivity index (χ1) is 6.54. The van der Waals surface area contributed by atoms with Gasteiger partial charge in [-0.25, -0.2) is 4.39 Å². The fourth-order valence-corrected chi connectivity index (χ4v) is 1.23. The molecule has 3 nitrogen and oxygen atoms in total. The molecule has 0 atom stereocenters. The second-order valence-corrected chi connectivity index (χ2v) is 3.18. The van der Waals surface area contributed by atoms with Crippen LogP contribution in [0.5, 0.6) is 0 Å². The van der Waals surface area contributed by atoms with Gasteiger partial charge >= 0.3 is 0 Å². The molecule has 1 amide bonds. The summed E-state index contributed by atoms with van der Waals surface area (Å²) in [6.45, 7) is 3.31. The Morgan fingerprint density at radius 3 is 2.43 bits per heavy atom. The molecule has 0 aliphatic rings. The highest BCUT2D eigenvalue weighted by Gasteiger charge is 2.14. The average molecular weight is 196 g/mol. The molecule has 1 rings (SSSR count). The number of carboxylic acid groups (broad SMARTS) is 1. The van der Waals surface area contributed by atoms with Gasteiger partial charge in [-0.05, 0) is 26.0 Å². The monoisotopic (exact) mass is 196 g/mol. The molecule has 0 saturated carbocycles. The number of amides is 1. The highest BCUT2D eigenvalue weighted by Crippen LogP contribution is 2.20. The first-order valence-corrected chi connectivity index (χ1v) is 4.28. The molecule has 0 aromatic heterocycles. The molecule has 0 radical (unpaired) electrons. The van der Waals surface area contributed by atoms with Gasteiger partial charge in [0.1, 0.15) is 11.9 Å². The molecule has 0 bridgehead atoms. The van der Waals surface area contributed by atoms with Crippen LogP contribution in [0.15, 0.2) is 24.3 Å². The lowest BCUT2D eigenvalue weighted by atomic mass is 10.2. The number of halogens is 1. The summed E-state index contributed by atoms with van der Waals surface area (Å²) < 4.78 is 13.2. The van der Waals surface area contributed by atoms with E-state index in [1.54, 1.807) is 19.9 Å². The normalized spacial score (nSPS) is 10.3. The average Bonchev–Trinajstić information content (AvgIpc) is 2.07. The minimum Gasteiger partial charge on any atom is -0.530 e. The van der Waals surface area contributed by atoms with Crippen LogP contribution in [-0.4, -0.2) is 12.1 Å². The second kappa shape index (κ2) is 4.09. The van der Waals surface area contributed by atoms with Crippen molar-refractivity contribution in [2.75, 3.05) is 4.90 Å². The van der Waals surface area contributed by atoms with E-state index in [1.165, 1.54) is 18.2 Å². The number of para-hydroxylation sites is 1. The first-order valence-electron chi connectivity index (χ1n) is 4.28. The van der Waals surface area contributed by atoms with E-state index in [0.717, 1.165) is 4.90 Å². The summed E-state index contributed by atoms with van der Waals surface area (Å²) in [7, 11) is 0. The summed E-state index contributed by atoms with van der Waals surface area (Å²) in [6.07, 6.45) is -1.40. The van der Waals surface area contributed by atoms with Gasteiger partial charge in [0.05, 0.1) is 5.69 Å². The number of rotatable bonds is 2. The van der Waals surface area contributed by atoms with Crippen LogP contribution >= 0.6 is 0 Å². The van der Waals surface area contributed by atoms with Gasteiger partial charge in [-0.15, -0.1) is 0 Å². The van der Waals surface area contributed by atoms with Gasteiger partial charge in [0.15, 0.2) is 0 Å². The number of carbonyl (C=O) groups is 1. The molecule has 4 heteroatoms. The van der Waals surface area contributed by atoms with Gasteiger partial charge in [0.25, 0.3) is 0 Å². The van der Waals surface area contributed by atoms with E-state index in [9.17, 15) is 14.3 Å². The minimum absolute atomic E-state index is 0.0301. The van der Waals surface area contributed by atoms with Crippen LogP contribution in [0.3, 0.4) is 0 Å². The Balaban J connectivity index is 3.12. The predicted molar refractivity (Wildman–Crippen MR) is 49.4 cm³/mol. The van der Waals surface area contributed by atoms with Crippen LogP contribution in [0.2, 0.25) is 0 Å². The summed E-state index contributed by atoms with van der Waals surface area (Å²) >= 11 is 0. The molecule has 0 fully saturated rings. The third-order valence-corrected chi connectivity index (χ3v) is 1.83. The van der Waals surface area contributed by atoms with Gasteiger partial charge in [0, 0.05) is 6.04 Å². The third kappa shape index (κ3) is 2.02. The molecule has 0 spiro atoms. The summed E-state index contributed by atoms with van der Waals surface area (Å²) in [4.78, 5) is 11.6. The number of anilines is 1. The SMILES string of the molecule is CC(C)N(C(=O)[O-])c1ccccc1F. The summed E-state index contributed by atoms with van der Waals surface area (Å²) in [5, 5.41) is 10.7. The Morgan fingerprint density at radius 2 is 2.00 bits per heavy atom. The van der Waals surface area contributed by atoms with Crippen LogP contribution in [0.1, 0.15) is 13.8 Å². The summed E-state index contributed by atoms with van der Waals surface area (Å²) in [6, 6.07) is 5.36. The molecular weight excluding hydrogens is 185 g/mol. The van der Waals surface area contributed by atoms with Gasteiger partial charge in [-0.1, -0.05) is 12.1 Å². The smallest absolute Gasteiger partial charge is 0.146 e. The van der Waals surface area contributed by atoms with Crippen LogP contribution in [0.25, 0.3) is 0 Å². The number of carbonyl (C=O) groups excluding carboxylic acids is 1. The van der Waals surface area contributed by atoms with E-state index < -0.39 is 11.9 Å². The molecule has 0 heterocycles. The molecular formula is C10H11FNO2-. The molecule has 1 aromatic rings. The maximum absolute atomic E-state index is 13.2. The number of benzene rings is 1. The maximum Gasteiger partial charge on any atom is 0.146 e. The Kier molecular flexibility index (Phi) is 3.06. The standard InChI is InChI=1S/C10H12FNO2/c1-7(2)12(10(13)14)9-6-4-3-5-8(9)11/h3-7H,1-2H3,(H,13,14)/p-1. The molecule has 0 N–H and O–H groups in total. The number of hydrogen-bond acceptors (Lipinski definition) is 2. The molecule has 14 heavy (non-hydrogen) atoms. The van der Waals surface area contributed by atoms with Crippen LogP contribution in [0.4, 0.5) is 14.9 Å². The highest BCUT2D eigenvalue weighted by molar-refractivity contribution is 5.85. The van der Waals surface area contributed by atoms with E-state index >= 15 is 0 Å². The zero-order valence-electron chi connectivity index (χ0n) is 8.03. The van der Waals surface area contributed by atoms with Crippen LogP contribution in [-0.2, 0) is 0 Å². The van der Waals surface area contributed by atoms with E-state index in [-0.39, 0.29) is 11.7 Å². The van der Waals surface area contributed by atoms with Gasteiger partial charge < -0.3 is 14.8 Å². The van der Waals surface area contributed by atoms with Crippen molar-refractivity contribution >= 4 is 11.8 Å². The van der Waals surface area contributed by atoms with E-state index in [1.807, 2.05) is 0 Å². The lowest BCUT2D eigenvalue weighted by Crippen LogP contribution is -2.45. The Hall–Kier alpha value is -1.58. The third-order valence-electron chi connectivity index (χ3n) is 1.83. The van der Waals surface area contributed by atoms with Crippen molar-refractivity contribution in [1.82, 2.24) is 0 Å². The Morgan fingerprint density at radius 1 is 1.43 bits per heavy atom. The van der Waals surface area contributed by atoms with Crippen molar-refractivity contribution in [3.63, 3.8) is 0 Å². The topological polar surface area (TPSA) is 43.4 Å². The fraction of sp³-hybridized carbons (Fsp3) is 0.300. The lowest BCUT2D eigenvalue weighted by Gasteiger charge is -2.29. The highest BCUT2D eigenvalue weighted by atomic mass is 19.1. The lowest BCUT2D eigenvalue weighted by molar-refractivity contribution is -0.247. The molecule has 1 aromatic carbocycles. The van der Waals surface area contributed by atoms with Crippen LogP contribution in [0, 0.1) is 5.82 Å². The summed E-state index contributed by atoms with van der Waals surface area (Å²) in [5.74, 6) is -0.564. The zero-order chi connectivity index (χ0) is 10.7. The Labute approximate surface area is 81.8 Å². The quantitative estimate of drug-likeness (QED) is 0.717. The Bertz CT molecular complexity index is 339. The van der Waals surface area contributed by atoms with Crippen molar-refractivity contribution < 1.29 is 14.3 Å². The largest absolute Gasteiger partial charge is 0.530 e. The van der Waals surface area contributed by atoms with Crippen molar-refractivity contribution in [3.05, 3.63) is 30.1 Å². The zero-order valence-corrected chi connectivity index (χ0v) is 8.03. The number of nitrogens with zero attached hydrogens (tertiary/aromatic N) is 1. The van der Waals surface area contributed by atoms with Crippen molar-refractivity contribution in [1.29, 1.82) is 0 Å². The van der Waals surface area contributed by atoms with Crippen molar-refractivity contribution in [2.45, 2.75) is 19.9 Å². The molecule has 0 saturated heterocycles. The van der Waals surface area contributed by atoms with Crippen LogP contribution < -0.4 is 10.0 Å². The van der Waals surface area contributed by atoms with E-state index in [0.29, 0.717) is 0 Å². The van der Waals surface area contributed by atoms with Crippen molar-refractivity contribution in [2.24, 2.45) is 0 Å². The van der Waals surface area contributed by atoms with E-state index in [2.05, 4.69) is 0 Å². The molecule has 76 valence electrons. The summed E-state index contributed by atoms with van der Waals surface area (Å²) in [5.41, 5.74) is 0.0301.